The second-order valence-corrected chi connectivity index (χ2v) is 6.18. The van der Waals surface area contributed by atoms with E-state index in [2.05, 4.69) is 10.4 Å². The Morgan fingerprint density at radius 2 is 1.74 bits per heavy atom. The molecule has 0 spiro atoms. The van der Waals surface area contributed by atoms with Crippen LogP contribution in [-0.4, -0.2) is 29.9 Å². The fourth-order valence-corrected chi connectivity index (χ4v) is 3.11. The first-order valence-corrected chi connectivity index (χ1v) is 8.61. The molecular weight excluding hydrogens is 342 g/mol. The average Bonchev–Trinajstić information content (AvgIpc) is 2.96. The van der Waals surface area contributed by atoms with Gasteiger partial charge in [-0.05, 0) is 30.2 Å². The number of aryl methyl sites for hydroxylation is 2. The molecule has 3 aromatic rings. The average molecular weight is 365 g/mol. The van der Waals surface area contributed by atoms with Crippen molar-refractivity contribution < 1.29 is 14.3 Å². The third kappa shape index (κ3) is 3.85. The van der Waals surface area contributed by atoms with Crippen LogP contribution in [0.3, 0.4) is 0 Å². The molecule has 0 aliphatic heterocycles. The van der Waals surface area contributed by atoms with Crippen LogP contribution in [0.2, 0.25) is 0 Å². The summed E-state index contributed by atoms with van der Waals surface area (Å²) in [4.78, 5) is 12.9. The van der Waals surface area contributed by atoms with Crippen LogP contribution in [0.5, 0.6) is 5.75 Å². The molecule has 1 N–H and O–H groups in total. The monoisotopic (exact) mass is 365 g/mol. The largest absolute Gasteiger partial charge is 0.497 e. The maximum atomic E-state index is 12.9. The van der Waals surface area contributed by atoms with E-state index in [9.17, 15) is 4.79 Å². The Labute approximate surface area is 158 Å². The first-order valence-electron chi connectivity index (χ1n) is 8.61. The Kier molecular flexibility index (Phi) is 5.57. The van der Waals surface area contributed by atoms with Gasteiger partial charge in [0.25, 0.3) is 5.91 Å². The van der Waals surface area contributed by atoms with E-state index in [0.29, 0.717) is 5.82 Å². The van der Waals surface area contributed by atoms with Gasteiger partial charge in [0, 0.05) is 19.7 Å². The zero-order valence-electron chi connectivity index (χ0n) is 15.9. The number of anilines is 1. The highest BCUT2D eigenvalue weighted by atomic mass is 16.5. The van der Waals surface area contributed by atoms with E-state index >= 15 is 0 Å². The summed E-state index contributed by atoms with van der Waals surface area (Å²) in [6.07, 6.45) is -0.704. The SMILES string of the molecule is COc1ccc(-c2c(C)nn(C)c2NC(=O)[C@@H](OC)c2ccccc2)cc1. The number of nitrogens with zero attached hydrogens (tertiary/aromatic N) is 2. The molecule has 0 saturated heterocycles. The Morgan fingerprint density at radius 1 is 1.07 bits per heavy atom. The van der Waals surface area contributed by atoms with Crippen molar-refractivity contribution in [1.82, 2.24) is 9.78 Å². The maximum Gasteiger partial charge on any atom is 0.259 e. The summed E-state index contributed by atoms with van der Waals surface area (Å²) in [5.41, 5.74) is 3.44. The van der Waals surface area contributed by atoms with Gasteiger partial charge in [-0.25, -0.2) is 0 Å². The van der Waals surface area contributed by atoms with Crippen molar-refractivity contribution in [3.05, 3.63) is 65.9 Å². The van der Waals surface area contributed by atoms with Gasteiger partial charge in [-0.2, -0.15) is 5.10 Å². The number of methoxy groups -OCH3 is 2. The Balaban J connectivity index is 1.93. The number of carbonyl (C=O) groups excluding carboxylic acids is 1. The lowest BCUT2D eigenvalue weighted by Crippen LogP contribution is -2.24. The highest BCUT2D eigenvalue weighted by molar-refractivity contribution is 5.98. The minimum atomic E-state index is -0.704. The standard InChI is InChI=1S/C21H23N3O3/c1-14-18(15-10-12-17(26-3)13-11-15)20(24(2)23-14)22-21(25)19(27-4)16-8-6-5-7-9-16/h5-13,19H,1-4H3,(H,22,25)/t19-/m0/s1. The quantitative estimate of drug-likeness (QED) is 0.723. The third-order valence-electron chi connectivity index (χ3n) is 4.42. The van der Waals surface area contributed by atoms with E-state index in [-0.39, 0.29) is 5.91 Å². The zero-order valence-corrected chi connectivity index (χ0v) is 15.9. The van der Waals surface area contributed by atoms with Crippen molar-refractivity contribution >= 4 is 11.7 Å². The fourth-order valence-electron chi connectivity index (χ4n) is 3.11. The number of benzene rings is 2. The molecule has 0 bridgehead atoms. The second-order valence-electron chi connectivity index (χ2n) is 6.18. The number of nitrogens with one attached hydrogen (secondary N) is 1. The molecular formula is C21H23N3O3. The number of ether oxygens (including phenoxy) is 2. The van der Waals surface area contributed by atoms with Crippen molar-refractivity contribution in [3.63, 3.8) is 0 Å². The van der Waals surface area contributed by atoms with Gasteiger partial charge in [-0.1, -0.05) is 42.5 Å². The van der Waals surface area contributed by atoms with E-state index in [1.807, 2.05) is 61.5 Å². The van der Waals surface area contributed by atoms with Crippen LogP contribution in [0.1, 0.15) is 17.4 Å². The van der Waals surface area contributed by atoms with E-state index in [1.165, 1.54) is 7.11 Å². The number of hydrogen-bond donors (Lipinski definition) is 1. The highest BCUT2D eigenvalue weighted by Gasteiger charge is 2.24. The van der Waals surface area contributed by atoms with Gasteiger partial charge in [-0.15, -0.1) is 0 Å². The number of hydrogen-bond acceptors (Lipinski definition) is 4. The van der Waals surface area contributed by atoms with Crippen LogP contribution in [0, 0.1) is 6.92 Å². The highest BCUT2D eigenvalue weighted by Crippen LogP contribution is 2.33. The molecule has 6 heteroatoms. The summed E-state index contributed by atoms with van der Waals surface area (Å²) in [6, 6.07) is 17.1. The molecule has 0 aliphatic rings. The summed E-state index contributed by atoms with van der Waals surface area (Å²) in [7, 11) is 4.96. The van der Waals surface area contributed by atoms with Crippen molar-refractivity contribution in [2.75, 3.05) is 19.5 Å². The van der Waals surface area contributed by atoms with Gasteiger partial charge in [0.2, 0.25) is 0 Å². The molecule has 1 amide bonds. The molecule has 1 aromatic heterocycles. The molecule has 6 nitrogen and oxygen atoms in total. The number of aromatic nitrogens is 2. The lowest BCUT2D eigenvalue weighted by Gasteiger charge is -2.16. The topological polar surface area (TPSA) is 65.4 Å². The molecule has 1 atom stereocenters. The van der Waals surface area contributed by atoms with Crippen molar-refractivity contribution in [1.29, 1.82) is 0 Å². The van der Waals surface area contributed by atoms with E-state index in [4.69, 9.17) is 9.47 Å². The summed E-state index contributed by atoms with van der Waals surface area (Å²) in [5.74, 6) is 1.15. The molecule has 2 aromatic carbocycles. The molecule has 1 heterocycles. The molecule has 0 radical (unpaired) electrons. The van der Waals surface area contributed by atoms with Crippen molar-refractivity contribution in [2.24, 2.45) is 7.05 Å². The van der Waals surface area contributed by atoms with Crippen molar-refractivity contribution in [3.8, 4) is 16.9 Å². The summed E-state index contributed by atoms with van der Waals surface area (Å²) in [6.45, 7) is 1.92. The zero-order chi connectivity index (χ0) is 19.4. The smallest absolute Gasteiger partial charge is 0.259 e. The molecule has 0 unspecified atom stereocenters. The summed E-state index contributed by atoms with van der Waals surface area (Å²) in [5, 5.41) is 7.45. The normalized spacial score (nSPS) is 11.9. The van der Waals surface area contributed by atoms with Crippen LogP contribution in [0.25, 0.3) is 11.1 Å². The van der Waals surface area contributed by atoms with Crippen LogP contribution < -0.4 is 10.1 Å². The van der Waals surface area contributed by atoms with Gasteiger partial charge in [0.05, 0.1) is 12.8 Å². The molecule has 0 aliphatic carbocycles. The predicted molar refractivity (Wildman–Crippen MR) is 105 cm³/mol. The van der Waals surface area contributed by atoms with Gasteiger partial charge in [0.15, 0.2) is 6.10 Å². The molecule has 0 saturated carbocycles. The van der Waals surface area contributed by atoms with Gasteiger partial charge in [-0.3, -0.25) is 9.48 Å². The molecule has 27 heavy (non-hydrogen) atoms. The van der Waals surface area contributed by atoms with Gasteiger partial charge >= 0.3 is 0 Å². The van der Waals surface area contributed by atoms with E-state index < -0.39 is 6.10 Å². The number of amides is 1. The fraction of sp³-hybridized carbons (Fsp3) is 0.238. The third-order valence-corrected chi connectivity index (χ3v) is 4.42. The first kappa shape index (κ1) is 18.7. The van der Waals surface area contributed by atoms with Crippen LogP contribution in [-0.2, 0) is 16.6 Å². The summed E-state index contributed by atoms with van der Waals surface area (Å²) >= 11 is 0. The Hall–Kier alpha value is -3.12. The predicted octanol–water partition coefficient (Wildman–Crippen LogP) is 3.73. The Morgan fingerprint density at radius 3 is 2.33 bits per heavy atom. The number of rotatable bonds is 6. The molecule has 0 fully saturated rings. The minimum Gasteiger partial charge on any atom is -0.497 e. The van der Waals surface area contributed by atoms with E-state index in [1.54, 1.807) is 18.8 Å². The number of carbonyl (C=O) groups is 1. The summed E-state index contributed by atoms with van der Waals surface area (Å²) < 4.78 is 12.3. The van der Waals surface area contributed by atoms with Gasteiger partial charge in [0.1, 0.15) is 11.6 Å². The molecule has 3 rings (SSSR count). The Bertz CT molecular complexity index is 918. The lowest BCUT2D eigenvalue weighted by atomic mass is 10.0. The van der Waals surface area contributed by atoms with Crippen LogP contribution in [0.15, 0.2) is 54.6 Å². The lowest BCUT2D eigenvalue weighted by molar-refractivity contribution is -0.126. The maximum absolute atomic E-state index is 12.9. The second kappa shape index (κ2) is 8.05. The van der Waals surface area contributed by atoms with Crippen molar-refractivity contribution in [2.45, 2.75) is 13.0 Å². The first-order chi connectivity index (χ1) is 13.0. The van der Waals surface area contributed by atoms with Crippen LogP contribution in [0.4, 0.5) is 5.82 Å². The van der Waals surface area contributed by atoms with Gasteiger partial charge < -0.3 is 14.8 Å². The molecule has 140 valence electrons. The van der Waals surface area contributed by atoms with E-state index in [0.717, 1.165) is 28.1 Å². The van der Waals surface area contributed by atoms with Crippen LogP contribution >= 0.6 is 0 Å². The minimum absolute atomic E-state index is 0.249.